The lowest BCUT2D eigenvalue weighted by atomic mass is 9.94. The van der Waals surface area contributed by atoms with E-state index in [4.69, 9.17) is 22.1 Å². The smallest absolute Gasteiger partial charge is 0.254 e. The minimum atomic E-state index is -0.845. The molecule has 1 aromatic rings. The average molecular weight is 366 g/mol. The second-order valence-corrected chi connectivity index (χ2v) is 6.71. The highest BCUT2D eigenvalue weighted by atomic mass is 35.5. The Morgan fingerprint density at radius 1 is 1.24 bits per heavy atom. The average Bonchev–Trinajstić information content (AvgIpc) is 2.61. The van der Waals surface area contributed by atoms with Crippen molar-refractivity contribution in [1.29, 1.82) is 0 Å². The van der Waals surface area contributed by atoms with E-state index in [-0.39, 0.29) is 30.2 Å². The van der Waals surface area contributed by atoms with E-state index in [0.717, 1.165) is 0 Å². The van der Waals surface area contributed by atoms with Crippen molar-refractivity contribution in [3.8, 4) is 0 Å². The predicted octanol–water partition coefficient (Wildman–Crippen LogP) is 0.620. The molecule has 0 bridgehead atoms. The first-order valence-corrected chi connectivity index (χ1v) is 8.58. The molecule has 2 heterocycles. The molecule has 7 nitrogen and oxygen atoms in total. The van der Waals surface area contributed by atoms with E-state index in [2.05, 4.69) is 5.32 Å². The topological polar surface area (TPSA) is 102 Å². The molecule has 3 amide bonds. The van der Waals surface area contributed by atoms with Gasteiger partial charge in [-0.15, -0.1) is 0 Å². The molecule has 8 heteroatoms. The molecule has 25 heavy (non-hydrogen) atoms. The molecule has 2 saturated heterocycles. The highest BCUT2D eigenvalue weighted by Gasteiger charge is 2.40. The van der Waals surface area contributed by atoms with Crippen LogP contribution in [0.1, 0.15) is 24.4 Å². The first-order valence-electron chi connectivity index (χ1n) is 8.21. The van der Waals surface area contributed by atoms with Crippen LogP contribution < -0.4 is 11.1 Å². The van der Waals surface area contributed by atoms with E-state index in [1.54, 1.807) is 29.2 Å². The van der Waals surface area contributed by atoms with Crippen molar-refractivity contribution < 1.29 is 19.1 Å². The molecule has 0 saturated carbocycles. The summed E-state index contributed by atoms with van der Waals surface area (Å²) in [5, 5.41) is 3.26. The van der Waals surface area contributed by atoms with Gasteiger partial charge in [-0.25, -0.2) is 0 Å². The molecule has 0 aromatic heterocycles. The fourth-order valence-electron chi connectivity index (χ4n) is 3.30. The van der Waals surface area contributed by atoms with E-state index in [9.17, 15) is 14.4 Å². The summed E-state index contributed by atoms with van der Waals surface area (Å²) in [5.41, 5.74) is 5.97. The largest absolute Gasteiger partial charge is 0.369 e. The highest BCUT2D eigenvalue weighted by Crippen LogP contribution is 2.30. The van der Waals surface area contributed by atoms with Crippen molar-refractivity contribution in [3.05, 3.63) is 34.9 Å². The van der Waals surface area contributed by atoms with Gasteiger partial charge in [0.05, 0.1) is 6.04 Å². The summed E-state index contributed by atoms with van der Waals surface area (Å²) in [6, 6.07) is 6.40. The van der Waals surface area contributed by atoms with Crippen molar-refractivity contribution in [2.75, 3.05) is 19.7 Å². The molecule has 0 radical (unpaired) electrons. The Labute approximate surface area is 150 Å². The number of amides is 3. The van der Waals surface area contributed by atoms with Crippen LogP contribution in [0, 0.1) is 5.92 Å². The number of nitrogens with two attached hydrogens (primary N) is 1. The number of nitrogens with zero attached hydrogens (tertiary/aromatic N) is 1. The zero-order chi connectivity index (χ0) is 18.0. The first kappa shape index (κ1) is 17.7. The SMILES string of the molecule is NC(=O)C1CCN(C(=O)[C@H]2OCC(=O)N[C@@H]2c2ccccc2Cl)CC1. The van der Waals surface area contributed by atoms with Gasteiger partial charge in [-0.05, 0) is 24.5 Å². The second kappa shape index (κ2) is 7.41. The first-order chi connectivity index (χ1) is 12.0. The van der Waals surface area contributed by atoms with Gasteiger partial charge in [-0.2, -0.15) is 0 Å². The van der Waals surface area contributed by atoms with Crippen molar-refractivity contribution >= 4 is 29.3 Å². The van der Waals surface area contributed by atoms with Crippen LogP contribution in [0.2, 0.25) is 5.02 Å². The van der Waals surface area contributed by atoms with Gasteiger partial charge in [0.2, 0.25) is 11.8 Å². The lowest BCUT2D eigenvalue weighted by Crippen LogP contribution is -2.55. The number of benzene rings is 1. The van der Waals surface area contributed by atoms with Gasteiger partial charge in [0.25, 0.3) is 5.91 Å². The molecule has 134 valence electrons. The van der Waals surface area contributed by atoms with Gasteiger partial charge in [0, 0.05) is 24.0 Å². The number of piperidine rings is 1. The minimum absolute atomic E-state index is 0.172. The normalized spacial score (nSPS) is 24.7. The monoisotopic (exact) mass is 365 g/mol. The van der Waals surface area contributed by atoms with Crippen molar-refractivity contribution in [2.45, 2.75) is 25.0 Å². The lowest BCUT2D eigenvalue weighted by Gasteiger charge is -2.37. The molecule has 1 aromatic carbocycles. The number of rotatable bonds is 3. The molecular formula is C17H20ClN3O4. The van der Waals surface area contributed by atoms with Crippen molar-refractivity contribution in [3.63, 3.8) is 0 Å². The summed E-state index contributed by atoms with van der Waals surface area (Å²) in [7, 11) is 0. The Morgan fingerprint density at radius 2 is 1.92 bits per heavy atom. The summed E-state index contributed by atoms with van der Waals surface area (Å²) in [6.45, 7) is 0.708. The number of morpholine rings is 1. The Balaban J connectivity index is 1.77. The number of hydrogen-bond donors (Lipinski definition) is 2. The van der Waals surface area contributed by atoms with E-state index in [1.807, 2.05) is 0 Å². The Morgan fingerprint density at radius 3 is 2.56 bits per heavy atom. The maximum absolute atomic E-state index is 12.9. The summed E-state index contributed by atoms with van der Waals surface area (Å²) < 4.78 is 5.55. The Kier molecular flexibility index (Phi) is 5.24. The molecule has 3 rings (SSSR count). The van der Waals surface area contributed by atoms with Gasteiger partial charge in [0.1, 0.15) is 6.61 Å². The Hall–Kier alpha value is -2.12. The zero-order valence-corrected chi connectivity index (χ0v) is 14.4. The number of likely N-dealkylation sites (tertiary alicyclic amines) is 1. The van der Waals surface area contributed by atoms with Crippen LogP contribution in [-0.4, -0.2) is 48.4 Å². The third-order valence-electron chi connectivity index (χ3n) is 4.71. The number of carbonyl (C=O) groups excluding carboxylic acids is 3. The third kappa shape index (κ3) is 3.77. The number of primary amides is 1. The highest BCUT2D eigenvalue weighted by molar-refractivity contribution is 6.31. The van der Waals surface area contributed by atoms with Gasteiger partial charge in [0.15, 0.2) is 6.10 Å². The van der Waals surface area contributed by atoms with Crippen LogP contribution in [0.15, 0.2) is 24.3 Å². The molecule has 2 fully saturated rings. The van der Waals surface area contributed by atoms with Gasteiger partial charge >= 0.3 is 0 Å². The minimum Gasteiger partial charge on any atom is -0.369 e. The summed E-state index contributed by atoms with van der Waals surface area (Å²) in [4.78, 5) is 37.6. The molecular weight excluding hydrogens is 346 g/mol. The van der Waals surface area contributed by atoms with E-state index in [0.29, 0.717) is 36.5 Å². The van der Waals surface area contributed by atoms with Crippen molar-refractivity contribution in [2.24, 2.45) is 11.7 Å². The maximum atomic E-state index is 12.9. The van der Waals surface area contributed by atoms with Crippen molar-refractivity contribution in [1.82, 2.24) is 10.2 Å². The molecule has 0 aliphatic carbocycles. The summed E-state index contributed by atoms with van der Waals surface area (Å²) >= 11 is 6.23. The number of halogens is 1. The fourth-order valence-corrected chi connectivity index (χ4v) is 3.55. The lowest BCUT2D eigenvalue weighted by molar-refractivity contribution is -0.156. The van der Waals surface area contributed by atoms with Crippen LogP contribution in [0.3, 0.4) is 0 Å². The summed E-state index contributed by atoms with van der Waals surface area (Å²) in [5.74, 6) is -1.04. The predicted molar refractivity (Wildman–Crippen MR) is 90.6 cm³/mol. The molecule has 2 aliphatic heterocycles. The van der Waals surface area contributed by atoms with Gasteiger partial charge in [-0.3, -0.25) is 14.4 Å². The molecule has 0 unspecified atom stereocenters. The third-order valence-corrected chi connectivity index (χ3v) is 5.05. The number of carbonyl (C=O) groups is 3. The Bertz CT molecular complexity index is 688. The van der Waals surface area contributed by atoms with E-state index in [1.165, 1.54) is 0 Å². The standard InChI is InChI=1S/C17H20ClN3O4/c18-12-4-2-1-3-11(12)14-15(25-9-13(22)20-14)17(24)21-7-5-10(6-8-21)16(19)23/h1-4,10,14-15H,5-9H2,(H2,19,23)(H,20,22)/t14-,15+/m1/s1. The molecule has 0 spiro atoms. The number of nitrogens with one attached hydrogen (secondary N) is 1. The van der Waals surface area contributed by atoms with E-state index < -0.39 is 12.1 Å². The zero-order valence-electron chi connectivity index (χ0n) is 13.6. The van der Waals surface area contributed by atoms with Crippen LogP contribution in [0.4, 0.5) is 0 Å². The molecule has 3 N–H and O–H groups in total. The number of ether oxygens (including phenoxy) is 1. The summed E-state index contributed by atoms with van der Waals surface area (Å²) in [6.07, 6.45) is 0.233. The maximum Gasteiger partial charge on any atom is 0.254 e. The second-order valence-electron chi connectivity index (χ2n) is 6.30. The molecule has 2 aliphatic rings. The van der Waals surface area contributed by atoms with Gasteiger partial charge < -0.3 is 20.7 Å². The van der Waals surface area contributed by atoms with Crippen LogP contribution in [-0.2, 0) is 19.1 Å². The van der Waals surface area contributed by atoms with Crippen LogP contribution in [0.25, 0.3) is 0 Å². The quantitative estimate of drug-likeness (QED) is 0.819. The van der Waals surface area contributed by atoms with Crippen LogP contribution in [0.5, 0.6) is 0 Å². The van der Waals surface area contributed by atoms with Gasteiger partial charge in [-0.1, -0.05) is 29.8 Å². The van der Waals surface area contributed by atoms with E-state index >= 15 is 0 Å². The number of hydrogen-bond acceptors (Lipinski definition) is 4. The van der Waals surface area contributed by atoms with Crippen LogP contribution >= 0.6 is 11.6 Å². The fraction of sp³-hybridized carbons (Fsp3) is 0.471. The molecule has 2 atom stereocenters.